The highest BCUT2D eigenvalue weighted by Gasteiger charge is 2.23. The number of carbonyl (C=O) groups excluding carboxylic acids is 1. The molecule has 1 N–H and O–H groups in total. The standard InChI is InChI=1S/C15H19N3O2/c1-4-20-15(19)14(12-9-16-18(3)10-12)17-13-8-6-5-7-11(13)2/h5-10,14,17H,4H2,1-3H3. The molecule has 0 amide bonds. The first-order valence-electron chi connectivity index (χ1n) is 6.59. The molecule has 5 heteroatoms. The van der Waals surface area contributed by atoms with Crippen LogP contribution in [-0.2, 0) is 16.6 Å². The van der Waals surface area contributed by atoms with Gasteiger partial charge in [0.2, 0.25) is 0 Å². The van der Waals surface area contributed by atoms with Gasteiger partial charge in [0, 0.05) is 24.5 Å². The van der Waals surface area contributed by atoms with Gasteiger partial charge in [-0.25, -0.2) is 4.79 Å². The fourth-order valence-electron chi connectivity index (χ4n) is 1.98. The molecule has 106 valence electrons. The topological polar surface area (TPSA) is 56.1 Å². The first-order valence-corrected chi connectivity index (χ1v) is 6.59. The Labute approximate surface area is 118 Å². The number of anilines is 1. The van der Waals surface area contributed by atoms with E-state index in [2.05, 4.69) is 10.4 Å². The molecule has 20 heavy (non-hydrogen) atoms. The number of ether oxygens (including phenoxy) is 1. The predicted octanol–water partition coefficient (Wildman–Crippen LogP) is 2.44. The van der Waals surface area contributed by atoms with Crippen molar-refractivity contribution < 1.29 is 9.53 Å². The van der Waals surface area contributed by atoms with Crippen molar-refractivity contribution in [2.45, 2.75) is 19.9 Å². The van der Waals surface area contributed by atoms with E-state index in [9.17, 15) is 4.79 Å². The molecule has 0 fully saturated rings. The monoisotopic (exact) mass is 273 g/mol. The Kier molecular flexibility index (Phi) is 4.40. The number of aromatic nitrogens is 2. The minimum Gasteiger partial charge on any atom is -0.464 e. The van der Waals surface area contributed by atoms with Gasteiger partial charge in [-0.05, 0) is 25.5 Å². The van der Waals surface area contributed by atoms with Gasteiger partial charge in [0.25, 0.3) is 0 Å². The zero-order valence-corrected chi connectivity index (χ0v) is 12.0. The molecule has 0 spiro atoms. The molecule has 1 unspecified atom stereocenters. The summed E-state index contributed by atoms with van der Waals surface area (Å²) in [5, 5.41) is 7.35. The van der Waals surface area contributed by atoms with Crippen LogP contribution in [0.2, 0.25) is 0 Å². The Morgan fingerprint density at radius 2 is 2.20 bits per heavy atom. The number of nitrogens with one attached hydrogen (secondary N) is 1. The van der Waals surface area contributed by atoms with Crippen molar-refractivity contribution in [3.63, 3.8) is 0 Å². The van der Waals surface area contributed by atoms with Crippen molar-refractivity contribution in [3.8, 4) is 0 Å². The van der Waals surface area contributed by atoms with Crippen LogP contribution in [0.4, 0.5) is 5.69 Å². The molecular weight excluding hydrogens is 254 g/mol. The average molecular weight is 273 g/mol. The minimum atomic E-state index is -0.551. The number of hydrogen-bond acceptors (Lipinski definition) is 4. The summed E-state index contributed by atoms with van der Waals surface area (Å²) in [7, 11) is 1.82. The predicted molar refractivity (Wildman–Crippen MR) is 77.4 cm³/mol. The van der Waals surface area contributed by atoms with E-state index in [0.29, 0.717) is 6.61 Å². The third-order valence-electron chi connectivity index (χ3n) is 3.03. The molecule has 1 heterocycles. The van der Waals surface area contributed by atoms with E-state index in [1.807, 2.05) is 44.4 Å². The maximum absolute atomic E-state index is 12.1. The van der Waals surface area contributed by atoms with Gasteiger partial charge in [-0.3, -0.25) is 4.68 Å². The molecule has 0 aliphatic heterocycles. The summed E-state index contributed by atoms with van der Waals surface area (Å²) in [6.45, 7) is 4.14. The second kappa shape index (κ2) is 6.23. The molecule has 0 saturated heterocycles. The molecule has 0 radical (unpaired) electrons. The lowest BCUT2D eigenvalue weighted by Gasteiger charge is -2.18. The van der Waals surface area contributed by atoms with Crippen LogP contribution in [0.5, 0.6) is 0 Å². The Bertz CT molecular complexity index is 592. The number of nitrogens with zero attached hydrogens (tertiary/aromatic N) is 2. The van der Waals surface area contributed by atoms with Crippen LogP contribution >= 0.6 is 0 Å². The van der Waals surface area contributed by atoms with E-state index >= 15 is 0 Å². The van der Waals surface area contributed by atoms with Crippen LogP contribution in [-0.4, -0.2) is 22.4 Å². The van der Waals surface area contributed by atoms with Crippen LogP contribution in [0.15, 0.2) is 36.7 Å². The molecule has 1 aromatic heterocycles. The van der Waals surface area contributed by atoms with E-state index in [4.69, 9.17) is 4.74 Å². The van der Waals surface area contributed by atoms with Gasteiger partial charge >= 0.3 is 5.97 Å². The SMILES string of the molecule is CCOC(=O)C(Nc1ccccc1C)c1cnn(C)c1. The fourth-order valence-corrected chi connectivity index (χ4v) is 1.98. The number of carbonyl (C=O) groups is 1. The van der Waals surface area contributed by atoms with E-state index in [1.165, 1.54) is 0 Å². The number of aryl methyl sites for hydroxylation is 2. The third kappa shape index (κ3) is 3.17. The Morgan fingerprint density at radius 1 is 1.45 bits per heavy atom. The van der Waals surface area contributed by atoms with Crippen molar-refractivity contribution in [1.82, 2.24) is 9.78 Å². The Balaban J connectivity index is 2.27. The highest BCUT2D eigenvalue weighted by Crippen LogP contribution is 2.23. The summed E-state index contributed by atoms with van der Waals surface area (Å²) in [5.74, 6) is -0.302. The fraction of sp³-hybridized carbons (Fsp3) is 0.333. The van der Waals surface area contributed by atoms with Crippen molar-refractivity contribution >= 4 is 11.7 Å². The minimum absolute atomic E-state index is 0.302. The summed E-state index contributed by atoms with van der Waals surface area (Å²) >= 11 is 0. The van der Waals surface area contributed by atoms with Gasteiger partial charge in [0.15, 0.2) is 6.04 Å². The smallest absolute Gasteiger partial charge is 0.333 e. The average Bonchev–Trinajstić information content (AvgIpc) is 2.84. The van der Waals surface area contributed by atoms with Crippen LogP contribution in [0.3, 0.4) is 0 Å². The van der Waals surface area contributed by atoms with E-state index < -0.39 is 6.04 Å². The van der Waals surface area contributed by atoms with Crippen molar-refractivity contribution in [2.75, 3.05) is 11.9 Å². The molecule has 2 rings (SSSR count). The summed E-state index contributed by atoms with van der Waals surface area (Å²) < 4.78 is 6.81. The first kappa shape index (κ1) is 14.1. The van der Waals surface area contributed by atoms with E-state index in [1.54, 1.807) is 17.8 Å². The molecule has 0 aliphatic carbocycles. The molecule has 2 aromatic rings. The summed E-state index contributed by atoms with van der Waals surface area (Å²) in [6, 6.07) is 7.28. The molecule has 0 aliphatic rings. The summed E-state index contributed by atoms with van der Waals surface area (Å²) in [4.78, 5) is 12.1. The zero-order valence-electron chi connectivity index (χ0n) is 12.0. The number of para-hydroxylation sites is 1. The van der Waals surface area contributed by atoms with Crippen LogP contribution < -0.4 is 5.32 Å². The van der Waals surface area contributed by atoms with Gasteiger partial charge in [-0.15, -0.1) is 0 Å². The Morgan fingerprint density at radius 3 is 2.80 bits per heavy atom. The van der Waals surface area contributed by atoms with Gasteiger partial charge in [-0.1, -0.05) is 18.2 Å². The van der Waals surface area contributed by atoms with Crippen molar-refractivity contribution in [2.24, 2.45) is 7.05 Å². The molecule has 5 nitrogen and oxygen atoms in total. The summed E-state index contributed by atoms with van der Waals surface area (Å²) in [5.41, 5.74) is 2.77. The molecule has 1 atom stereocenters. The lowest BCUT2D eigenvalue weighted by atomic mass is 10.1. The highest BCUT2D eigenvalue weighted by atomic mass is 16.5. The highest BCUT2D eigenvalue weighted by molar-refractivity contribution is 5.81. The number of rotatable bonds is 5. The van der Waals surface area contributed by atoms with Crippen molar-refractivity contribution in [1.29, 1.82) is 0 Å². The third-order valence-corrected chi connectivity index (χ3v) is 3.03. The van der Waals surface area contributed by atoms with Gasteiger partial charge in [-0.2, -0.15) is 5.10 Å². The zero-order chi connectivity index (χ0) is 14.5. The maximum atomic E-state index is 12.1. The van der Waals surface area contributed by atoms with Gasteiger partial charge in [0.05, 0.1) is 12.8 Å². The molecule has 1 aromatic carbocycles. The van der Waals surface area contributed by atoms with Crippen molar-refractivity contribution in [3.05, 3.63) is 47.8 Å². The normalized spacial score (nSPS) is 11.9. The molecule has 0 saturated carbocycles. The van der Waals surface area contributed by atoms with Crippen LogP contribution in [0, 0.1) is 6.92 Å². The Hall–Kier alpha value is -2.30. The lowest BCUT2D eigenvalue weighted by Crippen LogP contribution is -2.23. The maximum Gasteiger partial charge on any atom is 0.333 e. The van der Waals surface area contributed by atoms with Crippen LogP contribution in [0.25, 0.3) is 0 Å². The van der Waals surface area contributed by atoms with E-state index in [-0.39, 0.29) is 5.97 Å². The van der Waals surface area contributed by atoms with E-state index in [0.717, 1.165) is 16.8 Å². The molecular formula is C15H19N3O2. The van der Waals surface area contributed by atoms with Gasteiger partial charge in [0.1, 0.15) is 0 Å². The summed E-state index contributed by atoms with van der Waals surface area (Å²) in [6.07, 6.45) is 3.49. The molecule has 0 bridgehead atoms. The number of esters is 1. The van der Waals surface area contributed by atoms with Crippen LogP contribution in [0.1, 0.15) is 24.1 Å². The number of hydrogen-bond donors (Lipinski definition) is 1. The largest absolute Gasteiger partial charge is 0.464 e. The first-order chi connectivity index (χ1) is 9.61. The number of benzene rings is 1. The second-order valence-corrected chi connectivity index (χ2v) is 4.59. The van der Waals surface area contributed by atoms with Gasteiger partial charge < -0.3 is 10.1 Å². The lowest BCUT2D eigenvalue weighted by molar-refractivity contribution is -0.144. The quantitative estimate of drug-likeness (QED) is 0.850. The second-order valence-electron chi connectivity index (χ2n) is 4.59.